The van der Waals surface area contributed by atoms with Crippen molar-refractivity contribution >= 4 is 22.4 Å². The van der Waals surface area contributed by atoms with Crippen molar-refractivity contribution in [2.75, 3.05) is 25.6 Å². The van der Waals surface area contributed by atoms with Crippen LogP contribution in [0.4, 0.5) is 5.69 Å². The molecule has 4 heteroatoms. The van der Waals surface area contributed by atoms with Crippen LogP contribution in [0, 0.1) is 0 Å². The summed E-state index contributed by atoms with van der Waals surface area (Å²) in [6.45, 7) is 1.18. The third kappa shape index (κ3) is 3.17. The van der Waals surface area contributed by atoms with Crippen LogP contribution in [0.15, 0.2) is 66.7 Å². The summed E-state index contributed by atoms with van der Waals surface area (Å²) in [4.78, 5) is 13.5. The minimum absolute atomic E-state index is 0.0207. The van der Waals surface area contributed by atoms with E-state index in [0.717, 1.165) is 27.8 Å². The molecule has 0 aromatic heterocycles. The van der Waals surface area contributed by atoms with E-state index in [0.29, 0.717) is 26.1 Å². The maximum absolute atomic E-state index is 13.5. The molecule has 3 aromatic carbocycles. The molecule has 1 N–H and O–H groups in total. The van der Waals surface area contributed by atoms with Gasteiger partial charge in [0.05, 0.1) is 12.5 Å². The predicted molar refractivity (Wildman–Crippen MR) is 107 cm³/mol. The van der Waals surface area contributed by atoms with Gasteiger partial charge in [-0.2, -0.15) is 0 Å². The molecule has 4 rings (SSSR count). The first-order valence-corrected chi connectivity index (χ1v) is 9.25. The van der Waals surface area contributed by atoms with Crippen LogP contribution in [0.25, 0.3) is 10.8 Å². The average molecular weight is 361 g/mol. The van der Waals surface area contributed by atoms with Crippen molar-refractivity contribution in [2.45, 2.75) is 18.3 Å². The Bertz CT molecular complexity index is 946. The Morgan fingerprint density at radius 3 is 2.30 bits per heavy atom. The quantitative estimate of drug-likeness (QED) is 0.742. The van der Waals surface area contributed by atoms with E-state index in [1.54, 1.807) is 7.11 Å². The van der Waals surface area contributed by atoms with Gasteiger partial charge in [0.25, 0.3) is 0 Å². The number of hydrogen-bond acceptors (Lipinski definition) is 3. The summed E-state index contributed by atoms with van der Waals surface area (Å²) in [7, 11) is 1.66. The smallest absolute Gasteiger partial charge is 0.235 e. The van der Waals surface area contributed by atoms with Crippen molar-refractivity contribution in [3.05, 3.63) is 72.3 Å². The van der Waals surface area contributed by atoms with Crippen LogP contribution in [0.3, 0.4) is 0 Å². The zero-order valence-corrected chi connectivity index (χ0v) is 15.4. The number of methoxy groups -OCH3 is 1. The first-order valence-electron chi connectivity index (χ1n) is 9.25. The van der Waals surface area contributed by atoms with Crippen molar-refractivity contribution < 1.29 is 14.3 Å². The molecular weight excluding hydrogens is 338 g/mol. The molecule has 0 spiro atoms. The lowest BCUT2D eigenvalue weighted by molar-refractivity contribution is -0.125. The molecule has 0 unspecified atom stereocenters. The minimum Gasteiger partial charge on any atom is -0.496 e. The summed E-state index contributed by atoms with van der Waals surface area (Å²) in [6, 6.07) is 21.8. The molecule has 1 aliphatic heterocycles. The fourth-order valence-electron chi connectivity index (χ4n) is 3.92. The van der Waals surface area contributed by atoms with Crippen LogP contribution in [-0.2, 0) is 14.9 Å². The Labute approximate surface area is 159 Å². The zero-order chi connectivity index (χ0) is 18.7. The molecule has 1 heterocycles. The van der Waals surface area contributed by atoms with Gasteiger partial charge >= 0.3 is 0 Å². The van der Waals surface area contributed by atoms with Gasteiger partial charge in [-0.25, -0.2) is 0 Å². The molecule has 0 bridgehead atoms. The standard InChI is InChI=1S/C23H23NO3/c1-26-21-12-11-20(18-9-5-6-10-19(18)21)24-22(25)23(13-15-27-16-14-23)17-7-3-2-4-8-17/h2-12H,13-16H2,1H3,(H,24,25). The van der Waals surface area contributed by atoms with Crippen LogP contribution >= 0.6 is 0 Å². The van der Waals surface area contributed by atoms with Gasteiger partial charge in [0.2, 0.25) is 5.91 Å². The van der Waals surface area contributed by atoms with E-state index in [-0.39, 0.29) is 5.91 Å². The number of ether oxygens (including phenoxy) is 2. The predicted octanol–water partition coefficient (Wildman–Crippen LogP) is 4.54. The second-order valence-corrected chi connectivity index (χ2v) is 6.88. The van der Waals surface area contributed by atoms with Gasteiger partial charge in [-0.3, -0.25) is 4.79 Å². The summed E-state index contributed by atoms with van der Waals surface area (Å²) in [5.41, 5.74) is 1.28. The van der Waals surface area contributed by atoms with E-state index < -0.39 is 5.41 Å². The second kappa shape index (κ2) is 7.41. The number of amides is 1. The number of nitrogens with one attached hydrogen (secondary N) is 1. The van der Waals surface area contributed by atoms with E-state index in [1.807, 2.05) is 66.7 Å². The maximum Gasteiger partial charge on any atom is 0.235 e. The number of hydrogen-bond donors (Lipinski definition) is 1. The Morgan fingerprint density at radius 2 is 1.59 bits per heavy atom. The molecule has 0 aliphatic carbocycles. The molecule has 138 valence electrons. The SMILES string of the molecule is COc1ccc(NC(=O)C2(c3ccccc3)CCOCC2)c2ccccc12. The van der Waals surface area contributed by atoms with Crippen molar-refractivity contribution in [1.29, 1.82) is 0 Å². The molecule has 27 heavy (non-hydrogen) atoms. The first-order chi connectivity index (χ1) is 13.2. The highest BCUT2D eigenvalue weighted by Gasteiger charge is 2.41. The number of rotatable bonds is 4. The molecule has 4 nitrogen and oxygen atoms in total. The van der Waals surface area contributed by atoms with Gasteiger partial charge < -0.3 is 14.8 Å². The molecule has 0 radical (unpaired) electrons. The Kier molecular flexibility index (Phi) is 4.82. The van der Waals surface area contributed by atoms with Crippen LogP contribution in [0.5, 0.6) is 5.75 Å². The van der Waals surface area contributed by atoms with E-state index in [1.165, 1.54) is 0 Å². The first kappa shape index (κ1) is 17.6. The van der Waals surface area contributed by atoms with E-state index in [9.17, 15) is 4.79 Å². The fourth-order valence-corrected chi connectivity index (χ4v) is 3.92. The van der Waals surface area contributed by atoms with Gasteiger partial charge in [-0.05, 0) is 30.5 Å². The lowest BCUT2D eigenvalue weighted by Gasteiger charge is -2.36. The fraction of sp³-hybridized carbons (Fsp3) is 0.261. The summed E-state index contributed by atoms with van der Waals surface area (Å²) in [6.07, 6.45) is 1.36. The maximum atomic E-state index is 13.5. The number of carbonyl (C=O) groups excluding carboxylic acids is 1. The van der Waals surface area contributed by atoms with Crippen molar-refractivity contribution in [3.8, 4) is 5.75 Å². The summed E-state index contributed by atoms with van der Waals surface area (Å²) >= 11 is 0. The largest absolute Gasteiger partial charge is 0.496 e. The highest BCUT2D eigenvalue weighted by atomic mass is 16.5. The van der Waals surface area contributed by atoms with Crippen LogP contribution in [-0.4, -0.2) is 26.2 Å². The highest BCUT2D eigenvalue weighted by molar-refractivity contribution is 6.07. The van der Waals surface area contributed by atoms with Gasteiger partial charge in [0, 0.05) is 29.7 Å². The molecule has 0 saturated carbocycles. The number of benzene rings is 3. The van der Waals surface area contributed by atoms with E-state index in [2.05, 4.69) is 5.32 Å². The molecule has 1 saturated heterocycles. The molecule has 1 amide bonds. The lowest BCUT2D eigenvalue weighted by Crippen LogP contribution is -2.44. The van der Waals surface area contributed by atoms with Gasteiger partial charge in [-0.15, -0.1) is 0 Å². The molecule has 1 fully saturated rings. The van der Waals surface area contributed by atoms with Crippen LogP contribution in [0.2, 0.25) is 0 Å². The molecular formula is C23H23NO3. The second-order valence-electron chi connectivity index (χ2n) is 6.88. The van der Waals surface area contributed by atoms with Crippen molar-refractivity contribution in [2.24, 2.45) is 0 Å². The Hall–Kier alpha value is -2.85. The third-order valence-corrected chi connectivity index (χ3v) is 5.46. The summed E-state index contributed by atoms with van der Waals surface area (Å²) in [5.74, 6) is 0.819. The number of fused-ring (bicyclic) bond motifs is 1. The summed E-state index contributed by atoms with van der Waals surface area (Å²) < 4.78 is 11.0. The van der Waals surface area contributed by atoms with Crippen molar-refractivity contribution in [3.63, 3.8) is 0 Å². The topological polar surface area (TPSA) is 47.6 Å². The van der Waals surface area contributed by atoms with E-state index in [4.69, 9.17) is 9.47 Å². The summed E-state index contributed by atoms with van der Waals surface area (Å²) in [5, 5.41) is 5.15. The highest BCUT2D eigenvalue weighted by Crippen LogP contribution is 2.38. The normalized spacial score (nSPS) is 16.0. The molecule has 0 atom stereocenters. The minimum atomic E-state index is -0.569. The van der Waals surface area contributed by atoms with Crippen molar-refractivity contribution in [1.82, 2.24) is 0 Å². The van der Waals surface area contributed by atoms with Gasteiger partial charge in [0.1, 0.15) is 5.75 Å². The number of carbonyl (C=O) groups is 1. The Morgan fingerprint density at radius 1 is 0.926 bits per heavy atom. The van der Waals surface area contributed by atoms with Crippen LogP contribution < -0.4 is 10.1 Å². The Balaban J connectivity index is 1.73. The van der Waals surface area contributed by atoms with Gasteiger partial charge in [-0.1, -0.05) is 54.6 Å². The van der Waals surface area contributed by atoms with Crippen LogP contribution in [0.1, 0.15) is 18.4 Å². The lowest BCUT2D eigenvalue weighted by atomic mass is 9.73. The average Bonchev–Trinajstić information content (AvgIpc) is 2.75. The molecule has 3 aromatic rings. The molecule has 1 aliphatic rings. The monoisotopic (exact) mass is 361 g/mol. The van der Waals surface area contributed by atoms with Gasteiger partial charge in [0.15, 0.2) is 0 Å². The zero-order valence-electron chi connectivity index (χ0n) is 15.4. The number of anilines is 1. The van der Waals surface area contributed by atoms with E-state index >= 15 is 0 Å². The third-order valence-electron chi connectivity index (χ3n) is 5.46.